The highest BCUT2D eigenvalue weighted by Crippen LogP contribution is 2.11. The fraction of sp³-hybridized carbons (Fsp3) is 0.316. The molecule has 0 unspecified atom stereocenters. The van der Waals surface area contributed by atoms with Crippen LogP contribution in [0.5, 0.6) is 5.75 Å². The summed E-state index contributed by atoms with van der Waals surface area (Å²) < 4.78 is 5.14. The van der Waals surface area contributed by atoms with E-state index in [0.29, 0.717) is 13.0 Å². The molecule has 2 aromatic carbocycles. The highest BCUT2D eigenvalue weighted by atomic mass is 16.5. The molecule has 0 saturated carbocycles. The van der Waals surface area contributed by atoms with Gasteiger partial charge in [-0.2, -0.15) is 0 Å². The number of hydrogen-bond donors (Lipinski definition) is 2. The van der Waals surface area contributed by atoms with Crippen molar-refractivity contribution in [1.29, 1.82) is 0 Å². The molecule has 0 fully saturated rings. The lowest BCUT2D eigenvalue weighted by molar-refractivity contribution is -0.122. The minimum Gasteiger partial charge on any atom is -0.497 e. The molecular formula is C19H24N2O2. The lowest BCUT2D eigenvalue weighted by Crippen LogP contribution is -2.44. The predicted molar refractivity (Wildman–Crippen MR) is 92.7 cm³/mol. The lowest BCUT2D eigenvalue weighted by atomic mass is 10.1. The van der Waals surface area contributed by atoms with Crippen LogP contribution in [-0.4, -0.2) is 32.7 Å². The quantitative estimate of drug-likeness (QED) is 0.785. The number of likely N-dealkylation sites (N-methyl/N-ethyl adjacent to an activating group) is 1. The van der Waals surface area contributed by atoms with Gasteiger partial charge in [-0.15, -0.1) is 0 Å². The second-order valence-electron chi connectivity index (χ2n) is 5.42. The van der Waals surface area contributed by atoms with Crippen molar-refractivity contribution in [2.45, 2.75) is 18.9 Å². The third kappa shape index (κ3) is 5.42. The van der Waals surface area contributed by atoms with E-state index in [-0.39, 0.29) is 11.9 Å². The van der Waals surface area contributed by atoms with E-state index in [1.165, 1.54) is 5.56 Å². The summed E-state index contributed by atoms with van der Waals surface area (Å²) in [6, 6.07) is 17.7. The molecule has 0 radical (unpaired) electrons. The Morgan fingerprint density at radius 2 is 1.74 bits per heavy atom. The van der Waals surface area contributed by atoms with E-state index in [0.717, 1.165) is 17.7 Å². The first-order valence-electron chi connectivity index (χ1n) is 7.84. The maximum absolute atomic E-state index is 12.3. The van der Waals surface area contributed by atoms with Crippen LogP contribution in [0.15, 0.2) is 54.6 Å². The Balaban J connectivity index is 1.80. The van der Waals surface area contributed by atoms with Gasteiger partial charge in [0.2, 0.25) is 5.91 Å². The van der Waals surface area contributed by atoms with Gasteiger partial charge in [0.15, 0.2) is 0 Å². The van der Waals surface area contributed by atoms with Crippen LogP contribution in [0.25, 0.3) is 0 Å². The normalized spacial score (nSPS) is 11.7. The zero-order valence-corrected chi connectivity index (χ0v) is 13.7. The van der Waals surface area contributed by atoms with Gasteiger partial charge in [0, 0.05) is 6.54 Å². The van der Waals surface area contributed by atoms with E-state index in [9.17, 15) is 4.79 Å². The largest absolute Gasteiger partial charge is 0.497 e. The lowest BCUT2D eigenvalue weighted by Gasteiger charge is -2.16. The highest BCUT2D eigenvalue weighted by Gasteiger charge is 2.16. The van der Waals surface area contributed by atoms with Crippen LogP contribution in [0.4, 0.5) is 0 Å². The molecule has 4 nitrogen and oxygen atoms in total. The average molecular weight is 312 g/mol. The minimum absolute atomic E-state index is 0.0323. The van der Waals surface area contributed by atoms with Crippen LogP contribution in [0.3, 0.4) is 0 Å². The fourth-order valence-electron chi connectivity index (χ4n) is 2.42. The Hall–Kier alpha value is -2.33. The molecular weight excluding hydrogens is 288 g/mol. The van der Waals surface area contributed by atoms with Crippen molar-refractivity contribution in [2.24, 2.45) is 0 Å². The van der Waals surface area contributed by atoms with E-state index in [4.69, 9.17) is 4.74 Å². The van der Waals surface area contributed by atoms with Crippen LogP contribution < -0.4 is 15.4 Å². The topological polar surface area (TPSA) is 50.4 Å². The van der Waals surface area contributed by atoms with Crippen molar-refractivity contribution in [2.75, 3.05) is 20.7 Å². The standard InChI is InChI=1S/C19H24N2O2/c1-20-18(14-16-6-4-3-5-7-16)19(22)21-13-12-15-8-10-17(23-2)11-9-15/h3-11,18,20H,12-14H2,1-2H3,(H,21,22)/t18-/m0/s1. The predicted octanol–water partition coefficient (Wildman–Crippen LogP) is 2.18. The second-order valence-corrected chi connectivity index (χ2v) is 5.42. The fourth-order valence-corrected chi connectivity index (χ4v) is 2.42. The molecule has 2 aromatic rings. The summed E-state index contributed by atoms with van der Waals surface area (Å²) in [6.07, 6.45) is 1.49. The van der Waals surface area contributed by atoms with Gasteiger partial charge in [-0.25, -0.2) is 0 Å². The number of rotatable bonds is 8. The summed E-state index contributed by atoms with van der Waals surface area (Å²) in [7, 11) is 3.47. The van der Waals surface area contributed by atoms with Crippen LogP contribution in [0.2, 0.25) is 0 Å². The summed E-state index contributed by atoms with van der Waals surface area (Å²) in [5, 5.41) is 6.08. The Morgan fingerprint density at radius 1 is 1.04 bits per heavy atom. The van der Waals surface area contributed by atoms with E-state index in [2.05, 4.69) is 10.6 Å². The molecule has 1 amide bonds. The number of ether oxygens (including phenoxy) is 1. The molecule has 0 aliphatic heterocycles. The first-order valence-corrected chi connectivity index (χ1v) is 7.84. The smallest absolute Gasteiger partial charge is 0.237 e. The van der Waals surface area contributed by atoms with Gasteiger partial charge >= 0.3 is 0 Å². The third-order valence-corrected chi connectivity index (χ3v) is 3.82. The maximum Gasteiger partial charge on any atom is 0.237 e. The minimum atomic E-state index is -0.215. The van der Waals surface area contributed by atoms with Gasteiger partial charge in [-0.1, -0.05) is 42.5 Å². The van der Waals surface area contributed by atoms with Gasteiger partial charge in [0.05, 0.1) is 13.2 Å². The van der Waals surface area contributed by atoms with Crippen LogP contribution in [0, 0.1) is 0 Å². The second kappa shape index (κ2) is 8.96. The molecule has 0 aliphatic carbocycles. The zero-order chi connectivity index (χ0) is 16.5. The number of nitrogens with one attached hydrogen (secondary N) is 2. The Bertz CT molecular complexity index is 597. The van der Waals surface area contributed by atoms with Crippen molar-refractivity contribution in [3.63, 3.8) is 0 Å². The molecule has 0 saturated heterocycles. The molecule has 122 valence electrons. The monoisotopic (exact) mass is 312 g/mol. The van der Waals surface area contributed by atoms with Crippen LogP contribution in [-0.2, 0) is 17.6 Å². The van der Waals surface area contributed by atoms with Crippen molar-refractivity contribution in [3.05, 3.63) is 65.7 Å². The van der Waals surface area contributed by atoms with Gasteiger partial charge in [0.1, 0.15) is 5.75 Å². The summed E-state index contributed by atoms with van der Waals surface area (Å²) in [5.74, 6) is 0.876. The summed E-state index contributed by atoms with van der Waals surface area (Å²) in [4.78, 5) is 12.3. The molecule has 23 heavy (non-hydrogen) atoms. The summed E-state index contributed by atoms with van der Waals surface area (Å²) in [6.45, 7) is 0.623. The number of hydrogen-bond acceptors (Lipinski definition) is 3. The van der Waals surface area contributed by atoms with Gasteiger partial charge in [0.25, 0.3) is 0 Å². The Labute approximate surface area is 137 Å². The maximum atomic E-state index is 12.3. The molecule has 0 spiro atoms. The Kier molecular flexibility index (Phi) is 6.63. The number of benzene rings is 2. The number of carbonyl (C=O) groups excluding carboxylic acids is 1. The van der Waals surface area contributed by atoms with Crippen LogP contribution >= 0.6 is 0 Å². The van der Waals surface area contributed by atoms with Crippen molar-refractivity contribution >= 4 is 5.91 Å². The molecule has 0 aliphatic rings. The van der Waals surface area contributed by atoms with Gasteiger partial charge < -0.3 is 15.4 Å². The molecule has 0 bridgehead atoms. The van der Waals surface area contributed by atoms with Crippen molar-refractivity contribution < 1.29 is 9.53 Å². The first-order chi connectivity index (χ1) is 11.2. The molecule has 2 N–H and O–H groups in total. The molecule has 1 atom stereocenters. The van der Waals surface area contributed by atoms with Crippen molar-refractivity contribution in [1.82, 2.24) is 10.6 Å². The number of methoxy groups -OCH3 is 1. The number of amides is 1. The average Bonchev–Trinajstić information content (AvgIpc) is 2.61. The highest BCUT2D eigenvalue weighted by molar-refractivity contribution is 5.82. The SMILES string of the molecule is CN[C@@H](Cc1ccccc1)C(=O)NCCc1ccc(OC)cc1. The van der Waals surface area contributed by atoms with E-state index < -0.39 is 0 Å². The Morgan fingerprint density at radius 3 is 2.35 bits per heavy atom. The van der Waals surface area contributed by atoms with Crippen molar-refractivity contribution in [3.8, 4) is 5.75 Å². The summed E-state index contributed by atoms with van der Waals surface area (Å²) >= 11 is 0. The van der Waals surface area contributed by atoms with E-state index in [1.54, 1.807) is 7.11 Å². The molecule has 4 heteroatoms. The van der Waals surface area contributed by atoms with Gasteiger partial charge in [-0.3, -0.25) is 4.79 Å². The first kappa shape index (κ1) is 17.0. The summed E-state index contributed by atoms with van der Waals surface area (Å²) in [5.41, 5.74) is 2.33. The molecule has 2 rings (SSSR count). The van der Waals surface area contributed by atoms with E-state index in [1.807, 2.05) is 61.6 Å². The number of carbonyl (C=O) groups is 1. The van der Waals surface area contributed by atoms with Crippen LogP contribution in [0.1, 0.15) is 11.1 Å². The zero-order valence-electron chi connectivity index (χ0n) is 13.7. The third-order valence-electron chi connectivity index (χ3n) is 3.82. The van der Waals surface area contributed by atoms with E-state index >= 15 is 0 Å². The molecule has 0 aromatic heterocycles. The van der Waals surface area contributed by atoms with Gasteiger partial charge in [-0.05, 0) is 43.1 Å². The molecule has 0 heterocycles.